The number of ether oxygens (including phenoxy) is 1. The first kappa shape index (κ1) is 20.7. The van der Waals surface area contributed by atoms with Crippen LogP contribution in [0.3, 0.4) is 0 Å². The van der Waals surface area contributed by atoms with Gasteiger partial charge in [-0.3, -0.25) is 0 Å². The molecule has 0 N–H and O–H groups in total. The molecule has 9 heteroatoms. The standard InChI is InChI=1S/C22H18F3N5O/c23-22(24,25)16-1-3-17(4-2-16)26-27-18-5-7-19(8-6-18)28-29-20-9-11-21(12-10-20)30-13-14-31-15-30/h1-12H,13-15H2. The third-order valence-electron chi connectivity index (χ3n) is 4.57. The fourth-order valence-electron chi connectivity index (χ4n) is 2.88. The number of alkyl halides is 3. The number of nitrogens with zero attached hydrogens (tertiary/aromatic N) is 5. The number of hydrogen-bond donors (Lipinski definition) is 0. The van der Waals surface area contributed by atoms with Crippen molar-refractivity contribution in [2.45, 2.75) is 6.18 Å². The number of halogens is 3. The van der Waals surface area contributed by atoms with Gasteiger partial charge in [0.05, 0.1) is 34.9 Å². The average Bonchev–Trinajstić information content (AvgIpc) is 3.32. The van der Waals surface area contributed by atoms with Crippen LogP contribution in [-0.4, -0.2) is 19.9 Å². The predicted molar refractivity (Wildman–Crippen MR) is 111 cm³/mol. The first-order valence-corrected chi connectivity index (χ1v) is 9.51. The number of hydrogen-bond acceptors (Lipinski definition) is 6. The van der Waals surface area contributed by atoms with Crippen molar-refractivity contribution in [1.82, 2.24) is 0 Å². The molecule has 0 aliphatic carbocycles. The number of anilines is 1. The lowest BCUT2D eigenvalue weighted by Gasteiger charge is -2.15. The topological polar surface area (TPSA) is 61.9 Å². The van der Waals surface area contributed by atoms with Crippen LogP contribution >= 0.6 is 0 Å². The second-order valence-electron chi connectivity index (χ2n) is 6.78. The third-order valence-corrected chi connectivity index (χ3v) is 4.57. The first-order valence-electron chi connectivity index (χ1n) is 9.51. The Labute approximate surface area is 176 Å². The Kier molecular flexibility index (Phi) is 6.03. The van der Waals surface area contributed by atoms with Crippen LogP contribution in [0.2, 0.25) is 0 Å². The molecule has 1 fully saturated rings. The minimum absolute atomic E-state index is 0.334. The van der Waals surface area contributed by atoms with E-state index < -0.39 is 11.7 Å². The van der Waals surface area contributed by atoms with Gasteiger partial charge in [-0.25, -0.2) is 0 Å². The molecule has 0 radical (unpaired) electrons. The normalized spacial score (nSPS) is 14.7. The van der Waals surface area contributed by atoms with Crippen LogP contribution in [0.5, 0.6) is 0 Å². The van der Waals surface area contributed by atoms with E-state index >= 15 is 0 Å². The second-order valence-corrected chi connectivity index (χ2v) is 6.78. The Morgan fingerprint density at radius 1 is 0.645 bits per heavy atom. The predicted octanol–water partition coefficient (Wildman–Crippen LogP) is 7.33. The average molecular weight is 425 g/mol. The van der Waals surface area contributed by atoms with Gasteiger partial charge in [0.15, 0.2) is 0 Å². The minimum atomic E-state index is -4.37. The smallest absolute Gasteiger partial charge is 0.359 e. The summed E-state index contributed by atoms with van der Waals surface area (Å²) in [6, 6.07) is 19.1. The number of rotatable bonds is 5. The van der Waals surface area contributed by atoms with Crippen LogP contribution in [0, 0.1) is 0 Å². The summed E-state index contributed by atoms with van der Waals surface area (Å²) in [5, 5.41) is 16.4. The SMILES string of the molecule is FC(F)(F)c1ccc(N=Nc2ccc(N=Nc3ccc(N4CCOC4)cc3)cc2)cc1. The van der Waals surface area contributed by atoms with Gasteiger partial charge in [-0.2, -0.15) is 33.6 Å². The Hall–Kier alpha value is -3.59. The summed E-state index contributed by atoms with van der Waals surface area (Å²) in [6.07, 6.45) is -4.37. The lowest BCUT2D eigenvalue weighted by atomic mass is 10.2. The molecule has 3 aromatic rings. The van der Waals surface area contributed by atoms with Gasteiger partial charge in [-0.15, -0.1) is 0 Å². The summed E-state index contributed by atoms with van der Waals surface area (Å²) in [4.78, 5) is 2.14. The molecule has 3 aromatic carbocycles. The third kappa shape index (κ3) is 5.52. The maximum absolute atomic E-state index is 12.6. The van der Waals surface area contributed by atoms with Gasteiger partial charge in [-0.05, 0) is 72.8 Å². The number of azo groups is 2. The summed E-state index contributed by atoms with van der Waals surface area (Å²) in [5.41, 5.74) is 2.62. The molecule has 0 atom stereocenters. The highest BCUT2D eigenvalue weighted by Crippen LogP contribution is 2.31. The molecule has 1 saturated heterocycles. The molecule has 31 heavy (non-hydrogen) atoms. The quantitative estimate of drug-likeness (QED) is 0.402. The summed E-state index contributed by atoms with van der Waals surface area (Å²) in [5.74, 6) is 0. The summed E-state index contributed by atoms with van der Waals surface area (Å²) in [6.45, 7) is 2.22. The summed E-state index contributed by atoms with van der Waals surface area (Å²) >= 11 is 0. The van der Waals surface area contributed by atoms with E-state index in [4.69, 9.17) is 4.74 Å². The van der Waals surface area contributed by atoms with E-state index in [0.717, 1.165) is 36.7 Å². The fourth-order valence-corrected chi connectivity index (χ4v) is 2.88. The molecule has 0 aromatic heterocycles. The molecule has 1 heterocycles. The van der Waals surface area contributed by atoms with Crippen molar-refractivity contribution in [3.8, 4) is 0 Å². The molecular weight excluding hydrogens is 407 g/mol. The Morgan fingerprint density at radius 3 is 1.45 bits per heavy atom. The van der Waals surface area contributed by atoms with E-state index in [0.29, 0.717) is 23.8 Å². The Morgan fingerprint density at radius 2 is 1.06 bits per heavy atom. The van der Waals surface area contributed by atoms with Crippen LogP contribution in [0.1, 0.15) is 5.56 Å². The van der Waals surface area contributed by atoms with Crippen molar-refractivity contribution < 1.29 is 17.9 Å². The van der Waals surface area contributed by atoms with E-state index in [1.165, 1.54) is 12.1 Å². The van der Waals surface area contributed by atoms with E-state index in [1.807, 2.05) is 24.3 Å². The van der Waals surface area contributed by atoms with Crippen molar-refractivity contribution in [2.24, 2.45) is 20.5 Å². The van der Waals surface area contributed by atoms with Crippen LogP contribution in [0.25, 0.3) is 0 Å². The highest BCUT2D eigenvalue weighted by atomic mass is 19.4. The van der Waals surface area contributed by atoms with Gasteiger partial charge >= 0.3 is 6.18 Å². The molecular formula is C22H18F3N5O. The molecule has 4 rings (SSSR count). The van der Waals surface area contributed by atoms with Gasteiger partial charge in [-0.1, -0.05) is 0 Å². The van der Waals surface area contributed by atoms with Gasteiger partial charge in [0.25, 0.3) is 0 Å². The zero-order valence-electron chi connectivity index (χ0n) is 16.3. The zero-order valence-corrected chi connectivity index (χ0v) is 16.3. The highest BCUT2D eigenvalue weighted by Gasteiger charge is 2.29. The van der Waals surface area contributed by atoms with E-state index in [2.05, 4.69) is 25.4 Å². The van der Waals surface area contributed by atoms with Crippen molar-refractivity contribution >= 4 is 28.4 Å². The zero-order chi connectivity index (χ0) is 21.7. The van der Waals surface area contributed by atoms with E-state index in [9.17, 15) is 13.2 Å². The maximum atomic E-state index is 12.6. The molecule has 0 amide bonds. The van der Waals surface area contributed by atoms with Crippen molar-refractivity contribution in [3.63, 3.8) is 0 Å². The van der Waals surface area contributed by atoms with Crippen LogP contribution < -0.4 is 4.90 Å². The summed E-state index contributed by atoms with van der Waals surface area (Å²) in [7, 11) is 0. The minimum Gasteiger partial charge on any atom is -0.359 e. The molecule has 1 aliphatic heterocycles. The van der Waals surface area contributed by atoms with Crippen molar-refractivity contribution in [3.05, 3.63) is 78.4 Å². The molecule has 0 unspecified atom stereocenters. The molecule has 0 saturated carbocycles. The Bertz CT molecular complexity index is 1060. The van der Waals surface area contributed by atoms with E-state index in [-0.39, 0.29) is 0 Å². The van der Waals surface area contributed by atoms with Crippen LogP contribution in [0.15, 0.2) is 93.3 Å². The molecule has 0 bridgehead atoms. The largest absolute Gasteiger partial charge is 0.416 e. The fraction of sp³-hybridized carbons (Fsp3) is 0.182. The first-order chi connectivity index (χ1) is 15.0. The second kappa shape index (κ2) is 9.05. The van der Waals surface area contributed by atoms with Gasteiger partial charge in [0.1, 0.15) is 6.73 Å². The monoisotopic (exact) mass is 425 g/mol. The van der Waals surface area contributed by atoms with Gasteiger partial charge < -0.3 is 9.64 Å². The van der Waals surface area contributed by atoms with Gasteiger partial charge in [0.2, 0.25) is 0 Å². The van der Waals surface area contributed by atoms with Crippen molar-refractivity contribution in [2.75, 3.05) is 24.8 Å². The highest BCUT2D eigenvalue weighted by molar-refractivity contribution is 5.53. The van der Waals surface area contributed by atoms with Crippen LogP contribution in [-0.2, 0) is 10.9 Å². The van der Waals surface area contributed by atoms with Gasteiger partial charge in [0, 0.05) is 12.2 Å². The maximum Gasteiger partial charge on any atom is 0.416 e. The molecule has 6 nitrogen and oxygen atoms in total. The molecule has 158 valence electrons. The van der Waals surface area contributed by atoms with Crippen LogP contribution in [0.4, 0.5) is 41.6 Å². The lowest BCUT2D eigenvalue weighted by molar-refractivity contribution is -0.137. The Balaban J connectivity index is 1.36. The number of benzene rings is 3. The lowest BCUT2D eigenvalue weighted by Crippen LogP contribution is -2.17. The van der Waals surface area contributed by atoms with Crippen molar-refractivity contribution in [1.29, 1.82) is 0 Å². The molecule has 0 spiro atoms. The summed E-state index contributed by atoms with van der Waals surface area (Å²) < 4.78 is 43.1. The van der Waals surface area contributed by atoms with E-state index in [1.54, 1.807) is 24.3 Å². The molecule has 1 aliphatic rings.